The molecule has 2 aromatic carbocycles. The van der Waals surface area contributed by atoms with Gasteiger partial charge < -0.3 is 14.8 Å². The molecule has 2 rings (SSSR count). The molecule has 7 heteroatoms. The predicted octanol–water partition coefficient (Wildman–Crippen LogP) is 5.07. The van der Waals surface area contributed by atoms with Gasteiger partial charge in [-0.3, -0.25) is 0 Å². The van der Waals surface area contributed by atoms with E-state index in [4.69, 9.17) is 21.1 Å². The number of carbonyl (C=O) groups excluding carboxylic acids is 1. The summed E-state index contributed by atoms with van der Waals surface area (Å²) >= 11 is 6.22. The second-order valence-corrected chi connectivity index (χ2v) is 6.22. The number of anilines is 1. The minimum atomic E-state index is -0.446. The van der Waals surface area contributed by atoms with Gasteiger partial charge in [0.05, 0.1) is 23.9 Å². The number of nitrogens with zero attached hydrogens (tertiary/aromatic N) is 1. The van der Waals surface area contributed by atoms with Crippen LogP contribution in [0.25, 0.3) is 0 Å². The zero-order valence-corrected chi connectivity index (χ0v) is 16.4. The Kier molecular flexibility index (Phi) is 7.95. The van der Waals surface area contributed by atoms with Crippen molar-refractivity contribution in [1.29, 1.82) is 0 Å². The minimum absolute atomic E-state index is 0.0926. The Bertz CT molecular complexity index is 779. The lowest BCUT2D eigenvalue weighted by atomic mass is 10.2. The van der Waals surface area contributed by atoms with E-state index in [2.05, 4.69) is 15.8 Å². The largest absolute Gasteiger partial charge is 0.494 e. The van der Waals surface area contributed by atoms with Gasteiger partial charge >= 0.3 is 6.03 Å². The molecular weight excluding hydrogens is 366 g/mol. The van der Waals surface area contributed by atoms with E-state index in [1.54, 1.807) is 36.4 Å². The van der Waals surface area contributed by atoms with Crippen LogP contribution in [0.3, 0.4) is 0 Å². The van der Waals surface area contributed by atoms with Gasteiger partial charge in [-0.2, -0.15) is 5.10 Å². The fraction of sp³-hybridized carbons (Fsp3) is 0.300. The first kappa shape index (κ1) is 20.6. The lowest BCUT2D eigenvalue weighted by Gasteiger charge is -2.13. The SMILES string of the molecule is CCOc1ccc(NC(=O)N/N=C/c2ccc(O[C@@H](C)CC)c(Cl)c2)cc1. The quantitative estimate of drug-likeness (QED) is 0.489. The van der Waals surface area contributed by atoms with Gasteiger partial charge in [-0.15, -0.1) is 0 Å². The Morgan fingerprint density at radius 3 is 2.59 bits per heavy atom. The van der Waals surface area contributed by atoms with Gasteiger partial charge in [0, 0.05) is 5.69 Å². The van der Waals surface area contributed by atoms with Crippen molar-refractivity contribution >= 4 is 29.5 Å². The van der Waals surface area contributed by atoms with Gasteiger partial charge in [-0.1, -0.05) is 18.5 Å². The Labute approximate surface area is 164 Å². The molecule has 0 saturated carbocycles. The summed E-state index contributed by atoms with van der Waals surface area (Å²) in [7, 11) is 0. The number of urea groups is 1. The van der Waals surface area contributed by atoms with E-state index in [0.29, 0.717) is 23.1 Å². The number of carbonyl (C=O) groups is 1. The number of nitrogens with one attached hydrogen (secondary N) is 2. The maximum absolute atomic E-state index is 11.9. The summed E-state index contributed by atoms with van der Waals surface area (Å²) < 4.78 is 11.1. The lowest BCUT2D eigenvalue weighted by molar-refractivity contribution is 0.217. The van der Waals surface area contributed by atoms with Gasteiger partial charge in [-0.05, 0) is 68.3 Å². The highest BCUT2D eigenvalue weighted by atomic mass is 35.5. The van der Waals surface area contributed by atoms with Gasteiger partial charge in [0.15, 0.2) is 0 Å². The van der Waals surface area contributed by atoms with E-state index in [1.165, 1.54) is 6.21 Å². The average Bonchev–Trinajstić information content (AvgIpc) is 2.65. The Hall–Kier alpha value is -2.73. The molecule has 0 aromatic heterocycles. The molecule has 0 fully saturated rings. The molecule has 0 spiro atoms. The highest BCUT2D eigenvalue weighted by molar-refractivity contribution is 6.32. The van der Waals surface area contributed by atoms with Crippen LogP contribution in [0.1, 0.15) is 32.8 Å². The number of ether oxygens (including phenoxy) is 2. The van der Waals surface area contributed by atoms with Crippen molar-refractivity contribution in [3.05, 3.63) is 53.1 Å². The normalized spacial score (nSPS) is 11.9. The summed E-state index contributed by atoms with van der Waals surface area (Å²) in [6, 6.07) is 12.0. The summed E-state index contributed by atoms with van der Waals surface area (Å²) in [5.74, 6) is 1.38. The third-order valence-electron chi connectivity index (χ3n) is 3.66. The minimum Gasteiger partial charge on any atom is -0.494 e. The Morgan fingerprint density at radius 1 is 1.22 bits per heavy atom. The van der Waals surface area contributed by atoms with Gasteiger partial charge in [0.25, 0.3) is 0 Å². The lowest BCUT2D eigenvalue weighted by Crippen LogP contribution is -2.24. The number of halogens is 1. The average molecular weight is 390 g/mol. The number of hydrazone groups is 1. The van der Waals surface area contributed by atoms with Gasteiger partial charge in [0.2, 0.25) is 0 Å². The van der Waals surface area contributed by atoms with Crippen LogP contribution in [0, 0.1) is 0 Å². The number of amides is 2. The molecule has 0 aliphatic carbocycles. The molecule has 6 nitrogen and oxygen atoms in total. The van der Waals surface area contributed by atoms with E-state index in [9.17, 15) is 4.79 Å². The van der Waals surface area contributed by atoms with Crippen LogP contribution >= 0.6 is 11.6 Å². The molecule has 2 aromatic rings. The fourth-order valence-corrected chi connectivity index (χ4v) is 2.35. The highest BCUT2D eigenvalue weighted by Crippen LogP contribution is 2.26. The standard InChI is InChI=1S/C20H24ClN3O3/c1-4-14(3)27-19-11-6-15(12-18(19)21)13-22-24-20(25)23-16-7-9-17(10-8-16)26-5-2/h6-14H,4-5H2,1-3H3,(H2,23,24,25)/b22-13+/t14-/m0/s1. The van der Waals surface area contributed by atoms with Crippen LogP contribution in [-0.2, 0) is 0 Å². The first-order chi connectivity index (χ1) is 13.0. The molecule has 0 aliphatic rings. The van der Waals surface area contributed by atoms with Crippen LogP contribution in [0.4, 0.5) is 10.5 Å². The number of hydrogen-bond acceptors (Lipinski definition) is 4. The van der Waals surface area contributed by atoms with E-state index in [-0.39, 0.29) is 6.10 Å². The molecule has 2 amide bonds. The summed E-state index contributed by atoms with van der Waals surface area (Å²) in [5, 5.41) is 7.10. The topological polar surface area (TPSA) is 72.0 Å². The van der Waals surface area contributed by atoms with Crippen molar-refractivity contribution in [3.63, 3.8) is 0 Å². The first-order valence-corrected chi connectivity index (χ1v) is 9.18. The molecule has 2 N–H and O–H groups in total. The summed E-state index contributed by atoms with van der Waals surface area (Å²) in [6.45, 7) is 6.54. The van der Waals surface area contributed by atoms with Crippen molar-refractivity contribution in [2.75, 3.05) is 11.9 Å². The van der Waals surface area contributed by atoms with Crippen molar-refractivity contribution < 1.29 is 14.3 Å². The number of hydrogen-bond donors (Lipinski definition) is 2. The maximum Gasteiger partial charge on any atom is 0.339 e. The predicted molar refractivity (Wildman–Crippen MR) is 109 cm³/mol. The molecule has 0 saturated heterocycles. The summed E-state index contributed by atoms with van der Waals surface area (Å²) in [6.07, 6.45) is 2.50. The zero-order valence-electron chi connectivity index (χ0n) is 15.7. The van der Waals surface area contributed by atoms with E-state index in [0.717, 1.165) is 17.7 Å². The fourth-order valence-electron chi connectivity index (χ4n) is 2.12. The summed E-state index contributed by atoms with van der Waals surface area (Å²) in [5.41, 5.74) is 3.80. The second-order valence-electron chi connectivity index (χ2n) is 5.81. The first-order valence-electron chi connectivity index (χ1n) is 8.81. The zero-order chi connectivity index (χ0) is 19.6. The van der Waals surface area contributed by atoms with E-state index < -0.39 is 6.03 Å². The highest BCUT2D eigenvalue weighted by Gasteiger charge is 2.06. The Balaban J connectivity index is 1.87. The van der Waals surface area contributed by atoms with Crippen LogP contribution in [-0.4, -0.2) is 25.0 Å². The van der Waals surface area contributed by atoms with Gasteiger partial charge in [-0.25, -0.2) is 10.2 Å². The van der Waals surface area contributed by atoms with Crippen LogP contribution < -0.4 is 20.2 Å². The molecule has 1 atom stereocenters. The van der Waals surface area contributed by atoms with Crippen molar-refractivity contribution in [1.82, 2.24) is 5.43 Å². The molecule has 27 heavy (non-hydrogen) atoms. The maximum atomic E-state index is 11.9. The number of rotatable bonds is 8. The van der Waals surface area contributed by atoms with Crippen molar-refractivity contribution in [2.45, 2.75) is 33.3 Å². The molecule has 0 radical (unpaired) electrons. The molecular formula is C20H24ClN3O3. The third kappa shape index (κ3) is 6.83. The van der Waals surface area contributed by atoms with Crippen LogP contribution in [0.5, 0.6) is 11.5 Å². The smallest absolute Gasteiger partial charge is 0.339 e. The Morgan fingerprint density at radius 2 is 1.96 bits per heavy atom. The molecule has 0 bridgehead atoms. The molecule has 144 valence electrons. The van der Waals surface area contributed by atoms with Crippen LogP contribution in [0.2, 0.25) is 5.02 Å². The third-order valence-corrected chi connectivity index (χ3v) is 3.96. The molecule has 0 heterocycles. The number of benzene rings is 2. The molecule has 0 unspecified atom stereocenters. The van der Waals surface area contributed by atoms with Crippen molar-refractivity contribution in [3.8, 4) is 11.5 Å². The van der Waals surface area contributed by atoms with Crippen molar-refractivity contribution in [2.24, 2.45) is 5.10 Å². The van der Waals surface area contributed by atoms with E-state index in [1.807, 2.05) is 26.8 Å². The monoisotopic (exact) mass is 389 g/mol. The second kappa shape index (κ2) is 10.4. The van der Waals surface area contributed by atoms with E-state index >= 15 is 0 Å². The van der Waals surface area contributed by atoms with Gasteiger partial charge in [0.1, 0.15) is 11.5 Å². The summed E-state index contributed by atoms with van der Waals surface area (Å²) in [4.78, 5) is 11.9. The molecule has 0 aliphatic heterocycles. The van der Waals surface area contributed by atoms with Crippen LogP contribution in [0.15, 0.2) is 47.6 Å².